The molecule has 0 aliphatic carbocycles. The van der Waals surface area contributed by atoms with Crippen LogP contribution in [0.4, 0.5) is 13.2 Å². The van der Waals surface area contributed by atoms with Crippen LogP contribution in [-0.4, -0.2) is 46.4 Å². The minimum Gasteiger partial charge on any atom is -0.475 e. The second-order valence-corrected chi connectivity index (χ2v) is 4.24. The number of imide groups is 1. The number of halogens is 3. The standard InChI is InChI=1S/C10H14N2O3.C2HF3O2/c11-8(13)4-2-1-3-7-12-9(14)5-6-10(12)15;3-2(4,5)1(6)7/h5-6H,1-4,7H2,(H2,11,13);(H,6,7). The molecule has 0 radical (unpaired) electrons. The molecule has 0 saturated heterocycles. The highest BCUT2D eigenvalue weighted by molar-refractivity contribution is 6.12. The average molecular weight is 324 g/mol. The number of amides is 3. The number of carboxylic acid groups (broad SMARTS) is 1. The Hall–Kier alpha value is -2.39. The van der Waals surface area contributed by atoms with Crippen LogP contribution in [0.2, 0.25) is 0 Å². The smallest absolute Gasteiger partial charge is 0.475 e. The summed E-state index contributed by atoms with van der Waals surface area (Å²) in [4.78, 5) is 42.7. The topological polar surface area (TPSA) is 118 Å². The van der Waals surface area contributed by atoms with Gasteiger partial charge in [-0.25, -0.2) is 4.79 Å². The van der Waals surface area contributed by atoms with Crippen molar-refractivity contribution in [1.82, 2.24) is 4.90 Å². The third kappa shape index (κ3) is 8.02. The van der Waals surface area contributed by atoms with Crippen molar-refractivity contribution in [3.63, 3.8) is 0 Å². The summed E-state index contributed by atoms with van der Waals surface area (Å²) in [5.74, 6) is -3.58. The number of rotatable bonds is 6. The van der Waals surface area contributed by atoms with Crippen molar-refractivity contribution in [3.05, 3.63) is 12.2 Å². The third-order valence-corrected chi connectivity index (χ3v) is 2.45. The third-order valence-electron chi connectivity index (χ3n) is 2.45. The molecule has 3 N–H and O–H groups in total. The summed E-state index contributed by atoms with van der Waals surface area (Å²) in [6, 6.07) is 0. The summed E-state index contributed by atoms with van der Waals surface area (Å²) < 4.78 is 31.7. The summed E-state index contributed by atoms with van der Waals surface area (Å²) in [7, 11) is 0. The molecule has 1 aliphatic heterocycles. The lowest BCUT2D eigenvalue weighted by molar-refractivity contribution is -0.192. The van der Waals surface area contributed by atoms with E-state index >= 15 is 0 Å². The van der Waals surface area contributed by atoms with Crippen molar-refractivity contribution in [2.24, 2.45) is 5.73 Å². The quantitative estimate of drug-likeness (QED) is 0.547. The van der Waals surface area contributed by atoms with Gasteiger partial charge in [0.05, 0.1) is 0 Å². The van der Waals surface area contributed by atoms with Crippen LogP contribution in [-0.2, 0) is 19.2 Å². The molecule has 0 aromatic heterocycles. The molecule has 1 aliphatic rings. The van der Waals surface area contributed by atoms with E-state index in [1.54, 1.807) is 0 Å². The monoisotopic (exact) mass is 324 g/mol. The van der Waals surface area contributed by atoms with Crippen molar-refractivity contribution in [1.29, 1.82) is 0 Å². The predicted octanol–water partition coefficient (Wildman–Crippen LogP) is 0.590. The van der Waals surface area contributed by atoms with Gasteiger partial charge in [-0.1, -0.05) is 6.42 Å². The molecular weight excluding hydrogens is 309 g/mol. The van der Waals surface area contributed by atoms with E-state index in [0.29, 0.717) is 25.8 Å². The molecule has 124 valence electrons. The first kappa shape index (κ1) is 19.6. The number of alkyl halides is 3. The second kappa shape index (κ2) is 8.80. The summed E-state index contributed by atoms with van der Waals surface area (Å²) >= 11 is 0. The van der Waals surface area contributed by atoms with E-state index in [1.807, 2.05) is 0 Å². The van der Waals surface area contributed by atoms with E-state index in [9.17, 15) is 27.6 Å². The zero-order valence-electron chi connectivity index (χ0n) is 11.4. The number of nitrogens with zero attached hydrogens (tertiary/aromatic N) is 1. The van der Waals surface area contributed by atoms with Crippen LogP contribution in [0.25, 0.3) is 0 Å². The largest absolute Gasteiger partial charge is 0.490 e. The van der Waals surface area contributed by atoms with Crippen LogP contribution in [0.15, 0.2) is 12.2 Å². The van der Waals surface area contributed by atoms with Crippen LogP contribution in [0.5, 0.6) is 0 Å². The van der Waals surface area contributed by atoms with E-state index in [1.165, 1.54) is 17.1 Å². The Bertz CT molecular complexity index is 456. The van der Waals surface area contributed by atoms with Gasteiger partial charge in [0.15, 0.2) is 0 Å². The first-order valence-corrected chi connectivity index (χ1v) is 6.17. The number of hydrogen-bond donors (Lipinski definition) is 2. The maximum absolute atomic E-state index is 11.1. The summed E-state index contributed by atoms with van der Waals surface area (Å²) in [6.07, 6.45) is 0.0308. The minimum absolute atomic E-state index is 0.255. The number of carbonyl (C=O) groups is 4. The van der Waals surface area contributed by atoms with Gasteiger partial charge in [-0.15, -0.1) is 0 Å². The van der Waals surface area contributed by atoms with Crippen LogP contribution >= 0.6 is 0 Å². The number of aliphatic carboxylic acids is 1. The summed E-state index contributed by atoms with van der Waals surface area (Å²) in [5, 5.41) is 7.12. The fraction of sp³-hybridized carbons (Fsp3) is 0.500. The lowest BCUT2D eigenvalue weighted by Gasteiger charge is -2.12. The van der Waals surface area contributed by atoms with Crippen LogP contribution < -0.4 is 5.73 Å². The van der Waals surface area contributed by atoms with Crippen LogP contribution in [0, 0.1) is 0 Å². The second-order valence-electron chi connectivity index (χ2n) is 4.24. The fourth-order valence-electron chi connectivity index (χ4n) is 1.40. The van der Waals surface area contributed by atoms with Gasteiger partial charge in [0.1, 0.15) is 0 Å². The molecule has 1 heterocycles. The van der Waals surface area contributed by atoms with Gasteiger partial charge in [-0.05, 0) is 12.8 Å². The molecular formula is C12H15F3N2O5. The SMILES string of the molecule is NC(=O)CCCCCN1C(=O)C=CC1=O.O=C(O)C(F)(F)F. The van der Waals surface area contributed by atoms with Crippen molar-refractivity contribution in [2.75, 3.05) is 6.54 Å². The Balaban J connectivity index is 0.000000534. The van der Waals surface area contributed by atoms with E-state index in [2.05, 4.69) is 0 Å². The predicted molar refractivity (Wildman–Crippen MR) is 67.2 cm³/mol. The van der Waals surface area contributed by atoms with E-state index in [4.69, 9.17) is 15.6 Å². The Morgan fingerprint density at radius 1 is 1.09 bits per heavy atom. The van der Waals surface area contributed by atoms with Gasteiger partial charge in [-0.2, -0.15) is 13.2 Å². The van der Waals surface area contributed by atoms with Gasteiger partial charge in [0.25, 0.3) is 11.8 Å². The van der Waals surface area contributed by atoms with Crippen LogP contribution in [0.1, 0.15) is 25.7 Å². The highest BCUT2D eigenvalue weighted by Crippen LogP contribution is 2.13. The zero-order chi connectivity index (χ0) is 17.3. The number of nitrogens with two attached hydrogens (primary N) is 1. The molecule has 1 rings (SSSR count). The van der Waals surface area contributed by atoms with Gasteiger partial charge >= 0.3 is 12.1 Å². The van der Waals surface area contributed by atoms with Crippen molar-refractivity contribution in [2.45, 2.75) is 31.9 Å². The molecule has 0 atom stereocenters. The molecule has 0 saturated carbocycles. The lowest BCUT2D eigenvalue weighted by Crippen LogP contribution is -2.30. The maximum Gasteiger partial charge on any atom is 0.490 e. The highest BCUT2D eigenvalue weighted by Gasteiger charge is 2.38. The molecule has 22 heavy (non-hydrogen) atoms. The first-order valence-electron chi connectivity index (χ1n) is 6.17. The molecule has 0 fully saturated rings. The molecule has 0 aromatic carbocycles. The van der Waals surface area contributed by atoms with Gasteiger partial charge in [-0.3, -0.25) is 19.3 Å². The number of primary amides is 1. The van der Waals surface area contributed by atoms with Crippen molar-refractivity contribution < 1.29 is 37.5 Å². The minimum atomic E-state index is -5.08. The van der Waals surface area contributed by atoms with Crippen molar-refractivity contribution >= 4 is 23.7 Å². The molecule has 10 heteroatoms. The summed E-state index contributed by atoms with van der Waals surface area (Å²) in [5.41, 5.74) is 4.97. The number of carboxylic acids is 1. The molecule has 0 bridgehead atoms. The van der Waals surface area contributed by atoms with Crippen molar-refractivity contribution in [3.8, 4) is 0 Å². The van der Waals surface area contributed by atoms with Gasteiger partial charge < -0.3 is 10.8 Å². The average Bonchev–Trinajstić information content (AvgIpc) is 2.69. The Kier molecular flexibility index (Phi) is 7.84. The van der Waals surface area contributed by atoms with E-state index < -0.39 is 12.1 Å². The first-order chi connectivity index (χ1) is 10.1. The normalized spacial score (nSPS) is 13.9. The van der Waals surface area contributed by atoms with Crippen LogP contribution in [0.3, 0.4) is 0 Å². The Labute approximate surface area is 123 Å². The number of unbranched alkanes of at least 4 members (excludes halogenated alkanes) is 2. The van der Waals surface area contributed by atoms with E-state index in [-0.39, 0.29) is 17.7 Å². The number of hydrogen-bond acceptors (Lipinski definition) is 4. The Morgan fingerprint density at radius 3 is 1.91 bits per heavy atom. The molecule has 7 nitrogen and oxygen atoms in total. The summed E-state index contributed by atoms with van der Waals surface area (Å²) in [6.45, 7) is 0.420. The molecule has 0 spiro atoms. The van der Waals surface area contributed by atoms with E-state index in [0.717, 1.165) is 6.42 Å². The molecule has 0 unspecified atom stereocenters. The molecule has 3 amide bonds. The molecule has 0 aromatic rings. The highest BCUT2D eigenvalue weighted by atomic mass is 19.4. The Morgan fingerprint density at radius 2 is 1.55 bits per heavy atom. The van der Waals surface area contributed by atoms with Gasteiger partial charge in [0, 0.05) is 25.1 Å². The number of carbonyl (C=O) groups excluding carboxylic acids is 3. The zero-order valence-corrected chi connectivity index (χ0v) is 11.4. The fourth-order valence-corrected chi connectivity index (χ4v) is 1.40. The maximum atomic E-state index is 11.1. The lowest BCUT2D eigenvalue weighted by atomic mass is 10.2. The van der Waals surface area contributed by atoms with Gasteiger partial charge in [0.2, 0.25) is 5.91 Å².